The van der Waals surface area contributed by atoms with Crippen LogP contribution in [-0.4, -0.2) is 28.3 Å². The highest BCUT2D eigenvalue weighted by Crippen LogP contribution is 2.21. The first kappa shape index (κ1) is 15.3. The van der Waals surface area contributed by atoms with E-state index in [1.807, 2.05) is 18.2 Å². The normalized spacial score (nSPS) is 13.4. The molecule has 5 N–H and O–H groups in total. The van der Waals surface area contributed by atoms with Gasteiger partial charge in [-0.3, -0.25) is 9.59 Å². The van der Waals surface area contributed by atoms with Crippen molar-refractivity contribution in [3.05, 3.63) is 58.9 Å². The molecule has 0 fully saturated rings. The molecule has 2 heterocycles. The number of hydrogen-bond acceptors (Lipinski definition) is 4. The number of aromatic amines is 1. The number of nitrogens with one attached hydrogen (secondary N) is 3. The summed E-state index contributed by atoms with van der Waals surface area (Å²) in [7, 11) is 0. The first-order valence-corrected chi connectivity index (χ1v) is 8.04. The summed E-state index contributed by atoms with van der Waals surface area (Å²) < 4.78 is 0. The van der Waals surface area contributed by atoms with Gasteiger partial charge in [0.2, 0.25) is 0 Å². The third-order valence-electron chi connectivity index (χ3n) is 4.34. The number of anilines is 1. The summed E-state index contributed by atoms with van der Waals surface area (Å²) in [5.41, 5.74) is 9.90. The number of nitrogens with two attached hydrogens (primary N) is 1. The number of primary amides is 1. The molecule has 0 saturated heterocycles. The molecule has 7 nitrogen and oxygen atoms in total. The minimum absolute atomic E-state index is 0.0385. The summed E-state index contributed by atoms with van der Waals surface area (Å²) in [5.74, 6) is -0.899. The van der Waals surface area contributed by atoms with Crippen LogP contribution in [0.25, 0.3) is 11.0 Å². The molecule has 0 saturated carbocycles. The molecule has 2 amide bonds. The molecular formula is C18H17N5O2. The lowest BCUT2D eigenvalue weighted by atomic mass is 10.0. The molecule has 25 heavy (non-hydrogen) atoms. The number of hydrogen-bond donors (Lipinski definition) is 4. The molecule has 1 aromatic heterocycles. The van der Waals surface area contributed by atoms with E-state index in [0.29, 0.717) is 16.6 Å². The third-order valence-corrected chi connectivity index (χ3v) is 4.34. The number of nitrogens with zero attached hydrogens (tertiary/aromatic N) is 1. The molecule has 1 aliphatic rings. The number of benzene rings is 2. The summed E-state index contributed by atoms with van der Waals surface area (Å²) in [6.07, 6.45) is 0.940. The Morgan fingerprint density at radius 3 is 2.88 bits per heavy atom. The molecule has 1 aliphatic heterocycles. The Hall–Kier alpha value is -3.19. The first-order chi connectivity index (χ1) is 12.1. The largest absolute Gasteiger partial charge is 0.363 e. The minimum atomic E-state index is -0.661. The summed E-state index contributed by atoms with van der Waals surface area (Å²) in [4.78, 5) is 31.0. The highest BCUT2D eigenvalue weighted by Gasteiger charge is 2.16. The van der Waals surface area contributed by atoms with Crippen LogP contribution in [0.5, 0.6) is 0 Å². The molecular weight excluding hydrogens is 318 g/mol. The second-order valence-electron chi connectivity index (χ2n) is 6.02. The number of fused-ring (bicyclic) bond motifs is 2. The number of para-hydroxylation sites is 1. The van der Waals surface area contributed by atoms with Gasteiger partial charge >= 0.3 is 0 Å². The highest BCUT2D eigenvalue weighted by atomic mass is 16.2. The van der Waals surface area contributed by atoms with Crippen molar-refractivity contribution >= 4 is 28.5 Å². The molecule has 7 heteroatoms. The smallest absolute Gasteiger partial charge is 0.284 e. The van der Waals surface area contributed by atoms with Crippen LogP contribution in [0.4, 0.5) is 5.69 Å². The van der Waals surface area contributed by atoms with Crippen LogP contribution in [-0.2, 0) is 13.0 Å². The monoisotopic (exact) mass is 335 g/mol. The fraction of sp³-hybridized carbons (Fsp3) is 0.167. The van der Waals surface area contributed by atoms with Crippen molar-refractivity contribution in [3.63, 3.8) is 0 Å². The van der Waals surface area contributed by atoms with Crippen LogP contribution in [0.15, 0.2) is 36.4 Å². The van der Waals surface area contributed by atoms with Crippen molar-refractivity contribution in [2.75, 3.05) is 11.9 Å². The summed E-state index contributed by atoms with van der Waals surface area (Å²) in [5, 5.41) is 6.23. The van der Waals surface area contributed by atoms with Crippen molar-refractivity contribution in [2.45, 2.75) is 13.0 Å². The zero-order valence-corrected chi connectivity index (χ0v) is 13.4. The third kappa shape index (κ3) is 2.85. The molecule has 3 aromatic rings. The topological polar surface area (TPSA) is 113 Å². The fourth-order valence-electron chi connectivity index (χ4n) is 3.09. The minimum Gasteiger partial charge on any atom is -0.363 e. The summed E-state index contributed by atoms with van der Waals surface area (Å²) >= 11 is 0. The Labute approximate surface area is 143 Å². The van der Waals surface area contributed by atoms with Crippen LogP contribution in [0.3, 0.4) is 0 Å². The Balaban J connectivity index is 1.65. The summed E-state index contributed by atoms with van der Waals surface area (Å²) in [6.45, 7) is 1.79. The van der Waals surface area contributed by atoms with Gasteiger partial charge in [-0.2, -0.15) is 0 Å². The lowest BCUT2D eigenvalue weighted by Gasteiger charge is -2.18. The van der Waals surface area contributed by atoms with Gasteiger partial charge in [-0.1, -0.05) is 12.1 Å². The van der Waals surface area contributed by atoms with Gasteiger partial charge in [-0.15, -0.1) is 0 Å². The van der Waals surface area contributed by atoms with Crippen molar-refractivity contribution in [1.82, 2.24) is 15.3 Å². The Morgan fingerprint density at radius 2 is 2.04 bits per heavy atom. The fourth-order valence-corrected chi connectivity index (χ4v) is 3.09. The van der Waals surface area contributed by atoms with Crippen LogP contribution in [0.2, 0.25) is 0 Å². The van der Waals surface area contributed by atoms with E-state index in [-0.39, 0.29) is 11.7 Å². The van der Waals surface area contributed by atoms with Crippen LogP contribution >= 0.6 is 0 Å². The van der Waals surface area contributed by atoms with Gasteiger partial charge in [0, 0.05) is 12.2 Å². The number of carbonyl (C=O) groups is 2. The highest BCUT2D eigenvalue weighted by molar-refractivity contribution is 6.12. The van der Waals surface area contributed by atoms with Gasteiger partial charge in [0.15, 0.2) is 5.82 Å². The number of amides is 2. The van der Waals surface area contributed by atoms with Crippen LogP contribution < -0.4 is 16.4 Å². The maximum Gasteiger partial charge on any atom is 0.284 e. The average Bonchev–Trinajstić information content (AvgIpc) is 3.06. The van der Waals surface area contributed by atoms with Gasteiger partial charge in [0.25, 0.3) is 11.8 Å². The molecule has 0 bridgehead atoms. The van der Waals surface area contributed by atoms with E-state index < -0.39 is 5.91 Å². The number of carbonyl (C=O) groups excluding carboxylic acids is 2. The number of aromatic nitrogens is 2. The Morgan fingerprint density at radius 1 is 1.16 bits per heavy atom. The van der Waals surface area contributed by atoms with Gasteiger partial charge < -0.3 is 21.4 Å². The Kier molecular flexibility index (Phi) is 3.70. The molecule has 0 spiro atoms. The molecule has 0 radical (unpaired) electrons. The predicted molar refractivity (Wildman–Crippen MR) is 94.4 cm³/mol. The lowest BCUT2D eigenvalue weighted by Crippen LogP contribution is -2.23. The first-order valence-electron chi connectivity index (χ1n) is 8.04. The van der Waals surface area contributed by atoms with E-state index in [1.54, 1.807) is 18.2 Å². The van der Waals surface area contributed by atoms with E-state index in [4.69, 9.17) is 5.73 Å². The van der Waals surface area contributed by atoms with Crippen molar-refractivity contribution in [1.29, 1.82) is 0 Å². The number of imidazole rings is 1. The SMILES string of the molecule is NC(=O)c1nc2c(C(=O)Nc3ccc4c(c3)CCNC4)cccc2[nH]1. The molecule has 4 rings (SSSR count). The zero-order valence-electron chi connectivity index (χ0n) is 13.4. The Bertz CT molecular complexity index is 992. The van der Waals surface area contributed by atoms with Crippen LogP contribution in [0.1, 0.15) is 32.1 Å². The van der Waals surface area contributed by atoms with Gasteiger partial charge in [0.05, 0.1) is 11.1 Å². The summed E-state index contributed by atoms with van der Waals surface area (Å²) in [6, 6.07) is 11.1. The van der Waals surface area contributed by atoms with Crippen molar-refractivity contribution < 1.29 is 9.59 Å². The number of rotatable bonds is 3. The second kappa shape index (κ2) is 6.03. The van der Waals surface area contributed by atoms with Gasteiger partial charge in [-0.25, -0.2) is 4.98 Å². The second-order valence-corrected chi connectivity index (χ2v) is 6.02. The molecule has 2 aromatic carbocycles. The van der Waals surface area contributed by atoms with E-state index in [1.165, 1.54) is 11.1 Å². The lowest BCUT2D eigenvalue weighted by molar-refractivity contribution is 0.0989. The standard InChI is InChI=1S/C18H17N5O2/c19-16(24)17-22-14-3-1-2-13(15(14)23-17)18(25)21-12-5-4-11-9-20-7-6-10(11)8-12/h1-5,8,20H,6-7,9H2,(H2,19,24)(H,21,25)(H,22,23). The van der Waals surface area contributed by atoms with Crippen molar-refractivity contribution in [2.24, 2.45) is 5.73 Å². The van der Waals surface area contributed by atoms with E-state index in [0.717, 1.165) is 25.2 Å². The molecule has 0 atom stereocenters. The maximum atomic E-state index is 12.7. The average molecular weight is 335 g/mol. The predicted octanol–water partition coefficient (Wildman–Crippen LogP) is 1.56. The van der Waals surface area contributed by atoms with E-state index in [9.17, 15) is 9.59 Å². The quantitative estimate of drug-likeness (QED) is 0.582. The van der Waals surface area contributed by atoms with E-state index in [2.05, 4.69) is 20.6 Å². The number of H-pyrrole nitrogens is 1. The molecule has 0 aliphatic carbocycles. The maximum absolute atomic E-state index is 12.7. The van der Waals surface area contributed by atoms with Crippen LogP contribution in [0, 0.1) is 0 Å². The molecule has 0 unspecified atom stereocenters. The van der Waals surface area contributed by atoms with Gasteiger partial charge in [-0.05, 0) is 48.4 Å². The molecule has 126 valence electrons. The van der Waals surface area contributed by atoms with Crippen molar-refractivity contribution in [3.8, 4) is 0 Å². The van der Waals surface area contributed by atoms with E-state index >= 15 is 0 Å². The van der Waals surface area contributed by atoms with Gasteiger partial charge in [0.1, 0.15) is 5.52 Å². The zero-order chi connectivity index (χ0) is 17.4.